The number of halogens is 3. The predicted octanol–water partition coefficient (Wildman–Crippen LogP) is 4.52. The number of rotatable bonds is 4. The fraction of sp³-hybridized carbons (Fsp3) is 0.176. The zero-order valence-corrected chi connectivity index (χ0v) is 12.0. The second-order valence-corrected chi connectivity index (χ2v) is 4.64. The van der Waals surface area contributed by atoms with Crippen molar-refractivity contribution in [3.05, 3.63) is 65.2 Å². The van der Waals surface area contributed by atoms with Gasteiger partial charge in [0.1, 0.15) is 24.0 Å². The van der Waals surface area contributed by atoms with E-state index in [1.807, 2.05) is 0 Å². The fourth-order valence-corrected chi connectivity index (χ4v) is 1.76. The molecule has 0 atom stereocenters. The highest BCUT2D eigenvalue weighted by molar-refractivity contribution is 6.18. The van der Waals surface area contributed by atoms with Crippen molar-refractivity contribution in [1.82, 2.24) is 0 Å². The lowest BCUT2D eigenvalue weighted by molar-refractivity contribution is 0.298. The SMILES string of the molecule is Fc1cc(OCc2ccccc2F)ccc1C#CCCCl. The molecule has 0 N–H and O–H groups in total. The molecule has 0 unspecified atom stereocenters. The molecule has 21 heavy (non-hydrogen) atoms. The Labute approximate surface area is 127 Å². The smallest absolute Gasteiger partial charge is 0.142 e. The molecule has 2 aromatic carbocycles. The molecule has 0 fully saturated rings. The largest absolute Gasteiger partial charge is 0.489 e. The summed E-state index contributed by atoms with van der Waals surface area (Å²) in [6.45, 7) is 0.0450. The minimum atomic E-state index is -0.469. The number of benzene rings is 2. The highest BCUT2D eigenvalue weighted by Gasteiger charge is 2.05. The summed E-state index contributed by atoms with van der Waals surface area (Å²) in [5, 5.41) is 0. The van der Waals surface area contributed by atoms with Crippen molar-refractivity contribution in [2.75, 3.05) is 5.88 Å². The molecule has 0 saturated carbocycles. The number of hydrogen-bond donors (Lipinski definition) is 0. The lowest BCUT2D eigenvalue weighted by atomic mass is 10.2. The van der Waals surface area contributed by atoms with Crippen LogP contribution in [0.2, 0.25) is 0 Å². The predicted molar refractivity (Wildman–Crippen MR) is 79.3 cm³/mol. The van der Waals surface area contributed by atoms with Crippen molar-refractivity contribution >= 4 is 11.6 Å². The minimum Gasteiger partial charge on any atom is -0.489 e. The average molecular weight is 307 g/mol. The van der Waals surface area contributed by atoms with E-state index < -0.39 is 5.82 Å². The maximum Gasteiger partial charge on any atom is 0.142 e. The molecule has 0 saturated heterocycles. The van der Waals surface area contributed by atoms with E-state index in [-0.39, 0.29) is 12.4 Å². The number of ether oxygens (including phenoxy) is 1. The summed E-state index contributed by atoms with van der Waals surface area (Å²) in [6, 6.07) is 10.7. The summed E-state index contributed by atoms with van der Waals surface area (Å²) in [6.07, 6.45) is 0.506. The van der Waals surface area contributed by atoms with Crippen LogP contribution in [0.15, 0.2) is 42.5 Å². The molecule has 0 aliphatic heterocycles. The molecule has 0 amide bonds. The average Bonchev–Trinajstić information content (AvgIpc) is 2.49. The van der Waals surface area contributed by atoms with E-state index in [2.05, 4.69) is 11.8 Å². The van der Waals surface area contributed by atoms with E-state index in [0.29, 0.717) is 29.2 Å². The van der Waals surface area contributed by atoms with Crippen molar-refractivity contribution in [3.8, 4) is 17.6 Å². The Bertz CT molecular complexity index is 674. The van der Waals surface area contributed by atoms with Gasteiger partial charge in [-0.15, -0.1) is 11.6 Å². The van der Waals surface area contributed by atoms with Gasteiger partial charge in [-0.3, -0.25) is 0 Å². The van der Waals surface area contributed by atoms with Gasteiger partial charge in [-0.25, -0.2) is 8.78 Å². The maximum absolute atomic E-state index is 13.8. The Kier molecular flexibility index (Phi) is 5.59. The zero-order valence-electron chi connectivity index (χ0n) is 11.2. The van der Waals surface area contributed by atoms with Crippen molar-refractivity contribution in [3.63, 3.8) is 0 Å². The molecule has 1 nitrogen and oxygen atoms in total. The highest BCUT2D eigenvalue weighted by atomic mass is 35.5. The van der Waals surface area contributed by atoms with Crippen molar-refractivity contribution in [1.29, 1.82) is 0 Å². The van der Waals surface area contributed by atoms with Crippen LogP contribution in [-0.4, -0.2) is 5.88 Å². The van der Waals surface area contributed by atoms with Gasteiger partial charge < -0.3 is 4.74 Å². The first-order chi connectivity index (χ1) is 10.2. The van der Waals surface area contributed by atoms with E-state index in [1.165, 1.54) is 18.2 Å². The molecule has 0 spiro atoms. The van der Waals surface area contributed by atoms with Gasteiger partial charge in [-0.2, -0.15) is 0 Å². The molecule has 0 bridgehead atoms. The van der Waals surface area contributed by atoms with Crippen molar-refractivity contribution in [2.24, 2.45) is 0 Å². The van der Waals surface area contributed by atoms with Crippen LogP contribution in [-0.2, 0) is 6.61 Å². The summed E-state index contributed by atoms with van der Waals surface area (Å²) < 4.78 is 32.6. The van der Waals surface area contributed by atoms with E-state index >= 15 is 0 Å². The molecule has 0 heterocycles. The van der Waals surface area contributed by atoms with E-state index in [9.17, 15) is 8.78 Å². The van der Waals surface area contributed by atoms with Gasteiger partial charge in [-0.05, 0) is 18.2 Å². The van der Waals surface area contributed by atoms with Gasteiger partial charge in [0.15, 0.2) is 0 Å². The third kappa shape index (κ3) is 4.47. The van der Waals surface area contributed by atoms with Crippen LogP contribution >= 0.6 is 11.6 Å². The van der Waals surface area contributed by atoms with Gasteiger partial charge >= 0.3 is 0 Å². The molecule has 0 aliphatic carbocycles. The lowest BCUT2D eigenvalue weighted by Gasteiger charge is -2.07. The molecule has 2 aromatic rings. The summed E-state index contributed by atoms with van der Waals surface area (Å²) in [7, 11) is 0. The van der Waals surface area contributed by atoms with Crippen LogP contribution in [0.4, 0.5) is 8.78 Å². The molecular formula is C17H13ClF2O. The third-order valence-electron chi connectivity index (χ3n) is 2.74. The van der Waals surface area contributed by atoms with Crippen molar-refractivity contribution < 1.29 is 13.5 Å². The topological polar surface area (TPSA) is 9.23 Å². The molecular weight excluding hydrogens is 294 g/mol. The Morgan fingerprint density at radius 3 is 2.57 bits per heavy atom. The minimum absolute atomic E-state index is 0.0450. The van der Waals surface area contributed by atoms with E-state index in [1.54, 1.807) is 24.3 Å². The van der Waals surface area contributed by atoms with E-state index in [0.717, 1.165) is 0 Å². The summed E-state index contributed by atoms with van der Waals surface area (Å²) in [4.78, 5) is 0. The van der Waals surface area contributed by atoms with Crippen LogP contribution in [0.1, 0.15) is 17.5 Å². The first-order valence-electron chi connectivity index (χ1n) is 6.41. The Hall–Kier alpha value is -2.05. The standard InChI is InChI=1S/C17H13ClF2O/c18-10-4-3-5-13-8-9-15(11-17(13)20)21-12-14-6-1-2-7-16(14)19/h1-2,6-9,11H,4,10,12H2. The summed E-state index contributed by atoms with van der Waals surface area (Å²) in [5.74, 6) is 5.40. The summed E-state index contributed by atoms with van der Waals surface area (Å²) >= 11 is 5.50. The Morgan fingerprint density at radius 2 is 1.86 bits per heavy atom. The molecule has 4 heteroatoms. The zero-order chi connectivity index (χ0) is 15.1. The second kappa shape index (κ2) is 7.66. The first-order valence-corrected chi connectivity index (χ1v) is 6.95. The Morgan fingerprint density at radius 1 is 1.05 bits per heavy atom. The first kappa shape index (κ1) is 15.3. The molecule has 108 valence electrons. The van der Waals surface area contributed by atoms with Crippen LogP contribution in [0.25, 0.3) is 0 Å². The maximum atomic E-state index is 13.8. The van der Waals surface area contributed by atoms with Gasteiger partial charge in [0.2, 0.25) is 0 Å². The fourth-order valence-electron chi connectivity index (χ4n) is 1.67. The Balaban J connectivity index is 2.04. The van der Waals surface area contributed by atoms with Gasteiger partial charge in [0.05, 0.1) is 5.56 Å². The molecule has 2 rings (SSSR count). The monoisotopic (exact) mass is 306 g/mol. The summed E-state index contributed by atoms with van der Waals surface area (Å²) in [5.41, 5.74) is 0.710. The van der Waals surface area contributed by atoms with Crippen LogP contribution in [0.5, 0.6) is 5.75 Å². The second-order valence-electron chi connectivity index (χ2n) is 4.26. The quantitative estimate of drug-likeness (QED) is 0.596. The van der Waals surface area contributed by atoms with Crippen molar-refractivity contribution in [2.45, 2.75) is 13.0 Å². The van der Waals surface area contributed by atoms with E-state index in [4.69, 9.17) is 16.3 Å². The molecule has 0 aromatic heterocycles. The van der Waals surface area contributed by atoms with Gasteiger partial charge in [-0.1, -0.05) is 30.0 Å². The third-order valence-corrected chi connectivity index (χ3v) is 2.92. The van der Waals surface area contributed by atoms with Crippen LogP contribution in [0, 0.1) is 23.5 Å². The number of alkyl halides is 1. The van der Waals surface area contributed by atoms with Gasteiger partial charge in [0, 0.05) is 23.9 Å². The highest BCUT2D eigenvalue weighted by Crippen LogP contribution is 2.18. The van der Waals surface area contributed by atoms with Gasteiger partial charge in [0.25, 0.3) is 0 Å². The van der Waals surface area contributed by atoms with Crippen LogP contribution < -0.4 is 4.74 Å². The molecule has 0 radical (unpaired) electrons. The van der Waals surface area contributed by atoms with Crippen LogP contribution in [0.3, 0.4) is 0 Å². The normalized spacial score (nSPS) is 9.86. The molecule has 0 aliphatic rings. The number of hydrogen-bond acceptors (Lipinski definition) is 1. The lowest BCUT2D eigenvalue weighted by Crippen LogP contribution is -1.98.